The van der Waals surface area contributed by atoms with Crippen molar-refractivity contribution >= 4 is 5.91 Å². The summed E-state index contributed by atoms with van der Waals surface area (Å²) in [6.45, 7) is 0.893. The molecule has 4 nitrogen and oxygen atoms in total. The number of hydrogen-bond donors (Lipinski definition) is 1. The van der Waals surface area contributed by atoms with Crippen molar-refractivity contribution in [3.63, 3.8) is 0 Å². The van der Waals surface area contributed by atoms with E-state index in [0.717, 1.165) is 18.9 Å². The molecule has 0 bridgehead atoms. The Kier molecular flexibility index (Phi) is 6.14. The molecule has 2 rings (SSSR count). The van der Waals surface area contributed by atoms with E-state index >= 15 is 0 Å². The van der Waals surface area contributed by atoms with Gasteiger partial charge in [-0.3, -0.25) is 4.79 Å². The van der Waals surface area contributed by atoms with Crippen LogP contribution < -0.4 is 14.8 Å². The van der Waals surface area contributed by atoms with E-state index in [-0.39, 0.29) is 12.5 Å². The number of rotatable bonds is 7. The van der Waals surface area contributed by atoms with Crippen molar-refractivity contribution in [3.05, 3.63) is 23.8 Å². The van der Waals surface area contributed by atoms with E-state index in [2.05, 4.69) is 11.2 Å². The van der Waals surface area contributed by atoms with Crippen molar-refractivity contribution in [2.75, 3.05) is 20.3 Å². The normalized spacial score (nSPS) is 14.4. The molecule has 4 heteroatoms. The standard InChI is InChI=1S/C18H23NO3/c1-3-12-22-16-9-8-15(13-17(16)21-2)18(20)19-11-10-14-6-4-5-7-14/h1,8-9,13-14H,4-7,10-12H2,2H3,(H,19,20). The molecule has 1 aliphatic carbocycles. The number of nitrogens with one attached hydrogen (secondary N) is 1. The maximum atomic E-state index is 12.2. The van der Waals surface area contributed by atoms with Gasteiger partial charge in [0.2, 0.25) is 0 Å². The average molecular weight is 301 g/mol. The highest BCUT2D eigenvalue weighted by Crippen LogP contribution is 2.28. The van der Waals surface area contributed by atoms with E-state index in [1.165, 1.54) is 25.7 Å². The molecule has 0 atom stereocenters. The van der Waals surface area contributed by atoms with Crippen LogP contribution in [0.5, 0.6) is 11.5 Å². The highest BCUT2D eigenvalue weighted by Gasteiger charge is 2.15. The summed E-state index contributed by atoms with van der Waals surface area (Å²) in [6.07, 6.45) is 11.5. The maximum Gasteiger partial charge on any atom is 0.251 e. The van der Waals surface area contributed by atoms with E-state index in [9.17, 15) is 4.79 Å². The summed E-state index contributed by atoms with van der Waals surface area (Å²) < 4.78 is 10.6. The number of hydrogen-bond acceptors (Lipinski definition) is 3. The molecule has 1 fully saturated rings. The lowest BCUT2D eigenvalue weighted by molar-refractivity contribution is 0.0951. The highest BCUT2D eigenvalue weighted by molar-refractivity contribution is 5.94. The van der Waals surface area contributed by atoms with Crippen LogP contribution in [0.25, 0.3) is 0 Å². The SMILES string of the molecule is C#CCOc1ccc(C(=O)NCCC2CCCC2)cc1OC. The predicted molar refractivity (Wildman–Crippen MR) is 86.2 cm³/mol. The van der Waals surface area contributed by atoms with Crippen molar-refractivity contribution in [2.24, 2.45) is 5.92 Å². The highest BCUT2D eigenvalue weighted by atomic mass is 16.5. The summed E-state index contributed by atoms with van der Waals surface area (Å²) in [5.41, 5.74) is 0.566. The number of benzene rings is 1. The van der Waals surface area contributed by atoms with Crippen molar-refractivity contribution in [3.8, 4) is 23.8 Å². The quantitative estimate of drug-likeness (QED) is 0.788. The zero-order valence-corrected chi connectivity index (χ0v) is 13.1. The minimum Gasteiger partial charge on any atom is -0.493 e. The number of carbonyl (C=O) groups is 1. The molecule has 0 aliphatic heterocycles. The maximum absolute atomic E-state index is 12.2. The van der Waals surface area contributed by atoms with Gasteiger partial charge >= 0.3 is 0 Å². The second-order valence-electron chi connectivity index (χ2n) is 5.55. The number of terminal acetylenes is 1. The summed E-state index contributed by atoms with van der Waals surface area (Å²) in [5, 5.41) is 2.97. The number of methoxy groups -OCH3 is 1. The van der Waals surface area contributed by atoms with Crippen LogP contribution in [-0.4, -0.2) is 26.2 Å². The third kappa shape index (κ3) is 4.42. The smallest absolute Gasteiger partial charge is 0.251 e. The van der Waals surface area contributed by atoms with Gasteiger partial charge in [0.25, 0.3) is 5.91 Å². The van der Waals surface area contributed by atoms with Gasteiger partial charge in [-0.25, -0.2) is 0 Å². The van der Waals surface area contributed by atoms with Crippen LogP contribution in [-0.2, 0) is 0 Å². The summed E-state index contributed by atoms with van der Waals surface area (Å²) in [4.78, 5) is 12.2. The van der Waals surface area contributed by atoms with Crippen molar-refractivity contribution < 1.29 is 14.3 Å². The zero-order valence-electron chi connectivity index (χ0n) is 13.1. The first-order chi connectivity index (χ1) is 10.7. The molecule has 1 amide bonds. The van der Waals surface area contributed by atoms with Crippen molar-refractivity contribution in [1.29, 1.82) is 0 Å². The summed E-state index contributed by atoms with van der Waals surface area (Å²) >= 11 is 0. The van der Waals surface area contributed by atoms with Crippen LogP contribution in [0.3, 0.4) is 0 Å². The molecule has 0 heterocycles. The monoisotopic (exact) mass is 301 g/mol. The van der Waals surface area contributed by atoms with Gasteiger partial charge in [0, 0.05) is 12.1 Å². The summed E-state index contributed by atoms with van der Waals surface area (Å²) in [7, 11) is 1.54. The third-order valence-electron chi connectivity index (χ3n) is 4.05. The molecule has 22 heavy (non-hydrogen) atoms. The van der Waals surface area contributed by atoms with Gasteiger partial charge < -0.3 is 14.8 Å². The van der Waals surface area contributed by atoms with Gasteiger partial charge in [-0.2, -0.15) is 0 Å². The molecule has 1 aromatic carbocycles. The Balaban J connectivity index is 1.89. The van der Waals surface area contributed by atoms with E-state index < -0.39 is 0 Å². The van der Waals surface area contributed by atoms with Crippen molar-refractivity contribution in [2.45, 2.75) is 32.1 Å². The fraction of sp³-hybridized carbons (Fsp3) is 0.500. The minimum absolute atomic E-state index is 0.0835. The Morgan fingerprint density at radius 3 is 2.82 bits per heavy atom. The number of amides is 1. The van der Waals surface area contributed by atoms with Crippen molar-refractivity contribution in [1.82, 2.24) is 5.32 Å². The predicted octanol–water partition coefficient (Wildman–Crippen LogP) is 3.02. The lowest BCUT2D eigenvalue weighted by atomic mass is 10.0. The molecule has 0 unspecified atom stereocenters. The van der Waals surface area contributed by atoms with E-state index in [4.69, 9.17) is 15.9 Å². The average Bonchev–Trinajstić information content (AvgIpc) is 3.06. The molecular weight excluding hydrogens is 278 g/mol. The Morgan fingerprint density at radius 1 is 1.36 bits per heavy atom. The molecule has 1 aliphatic rings. The molecular formula is C18H23NO3. The molecule has 0 aromatic heterocycles. The molecule has 0 saturated heterocycles. The van der Waals surface area contributed by atoms with Gasteiger partial charge in [0.15, 0.2) is 11.5 Å². The molecule has 118 valence electrons. The third-order valence-corrected chi connectivity index (χ3v) is 4.05. The minimum atomic E-state index is -0.0835. The van der Waals surface area contributed by atoms with E-state index in [0.29, 0.717) is 17.1 Å². The Morgan fingerprint density at radius 2 is 2.14 bits per heavy atom. The summed E-state index contributed by atoms with van der Waals surface area (Å²) in [5.74, 6) is 4.15. The van der Waals surface area contributed by atoms with Crippen LogP contribution in [0.1, 0.15) is 42.5 Å². The van der Waals surface area contributed by atoms with Crippen LogP contribution in [0.4, 0.5) is 0 Å². The molecule has 1 saturated carbocycles. The largest absolute Gasteiger partial charge is 0.493 e. The molecule has 0 spiro atoms. The first kappa shape index (κ1) is 16.2. The Hall–Kier alpha value is -2.15. The fourth-order valence-electron chi connectivity index (χ4n) is 2.84. The van der Waals surface area contributed by atoms with Crippen LogP contribution in [0.2, 0.25) is 0 Å². The zero-order chi connectivity index (χ0) is 15.8. The second kappa shape index (κ2) is 8.33. The van der Waals surface area contributed by atoms with Gasteiger partial charge in [0.05, 0.1) is 7.11 Å². The first-order valence-electron chi connectivity index (χ1n) is 7.77. The second-order valence-corrected chi connectivity index (χ2v) is 5.55. The van der Waals surface area contributed by atoms with E-state index in [1.54, 1.807) is 25.3 Å². The fourth-order valence-corrected chi connectivity index (χ4v) is 2.84. The molecule has 1 N–H and O–H groups in total. The topological polar surface area (TPSA) is 47.6 Å². The first-order valence-corrected chi connectivity index (χ1v) is 7.77. The van der Waals surface area contributed by atoms with Gasteiger partial charge in [-0.1, -0.05) is 31.6 Å². The Labute approximate surface area is 132 Å². The molecule has 1 aromatic rings. The molecule has 0 radical (unpaired) electrons. The van der Waals surface area contributed by atoms with Gasteiger partial charge in [-0.05, 0) is 30.5 Å². The van der Waals surface area contributed by atoms with Crippen LogP contribution in [0, 0.1) is 18.3 Å². The van der Waals surface area contributed by atoms with E-state index in [1.807, 2.05) is 0 Å². The number of carbonyl (C=O) groups excluding carboxylic acids is 1. The lowest BCUT2D eigenvalue weighted by Crippen LogP contribution is -2.25. The number of ether oxygens (including phenoxy) is 2. The van der Waals surface area contributed by atoms with Crippen LogP contribution in [0.15, 0.2) is 18.2 Å². The Bertz CT molecular complexity index is 542. The summed E-state index contributed by atoms with van der Waals surface area (Å²) in [6, 6.07) is 5.11. The van der Waals surface area contributed by atoms with Gasteiger partial charge in [-0.15, -0.1) is 6.42 Å². The van der Waals surface area contributed by atoms with Crippen LogP contribution >= 0.6 is 0 Å². The lowest BCUT2D eigenvalue weighted by Gasteiger charge is -2.12. The van der Waals surface area contributed by atoms with Gasteiger partial charge in [0.1, 0.15) is 6.61 Å².